The van der Waals surface area contributed by atoms with Gasteiger partial charge in [-0.25, -0.2) is 4.39 Å². The number of hydrogen-bond acceptors (Lipinski definition) is 2. The van der Waals surface area contributed by atoms with Crippen molar-refractivity contribution in [3.8, 4) is 5.75 Å². The summed E-state index contributed by atoms with van der Waals surface area (Å²) in [5.41, 5.74) is 3.22. The Morgan fingerprint density at radius 2 is 1.75 bits per heavy atom. The maximum Gasteiger partial charge on any atom is 0.123 e. The number of rotatable bonds is 7. The largest absolute Gasteiger partial charge is 0.489 e. The molecule has 3 nitrogen and oxygen atoms in total. The highest BCUT2D eigenvalue weighted by atomic mass is 19.1. The molecule has 0 aliphatic heterocycles. The summed E-state index contributed by atoms with van der Waals surface area (Å²) in [7, 11) is 0. The molecule has 1 heterocycles. The monoisotopic (exact) mass is 323 g/mol. The number of nitrogens with zero attached hydrogens (tertiary/aromatic N) is 1. The fraction of sp³-hybridized carbons (Fsp3) is 0.150. The molecule has 122 valence electrons. The third-order valence-electron chi connectivity index (χ3n) is 3.68. The van der Waals surface area contributed by atoms with Gasteiger partial charge in [-0.2, -0.15) is 0 Å². The Morgan fingerprint density at radius 3 is 2.54 bits per heavy atom. The van der Waals surface area contributed by atoms with Gasteiger partial charge in [0.25, 0.3) is 0 Å². The number of pyridine rings is 1. The van der Waals surface area contributed by atoms with Crippen molar-refractivity contribution in [3.05, 3.63) is 95.6 Å². The Balaban J connectivity index is 1.51. The number of hydrogen-bond donors (Lipinski definition) is 1. The molecule has 0 amide bonds. The minimum atomic E-state index is -0.232. The second-order valence-electron chi connectivity index (χ2n) is 5.58. The Hall–Kier alpha value is -2.72. The van der Waals surface area contributed by atoms with Gasteiger partial charge in [0.15, 0.2) is 0 Å². The number of nitrogens with two attached hydrogens (primary N) is 1. The lowest BCUT2D eigenvalue weighted by atomic mass is 10.2. The summed E-state index contributed by atoms with van der Waals surface area (Å²) in [6.07, 6.45) is 1.81. The topological polar surface area (TPSA) is 38.7 Å². The smallest absolute Gasteiger partial charge is 0.123 e. The summed E-state index contributed by atoms with van der Waals surface area (Å²) in [5.74, 6) is 0.590. The standard InChI is InChI=1S/C20H19FN2O/c21-18-9-7-16(8-10-18)15-24-20-6-3-4-17(12-20)13-22-14-19-5-1-2-11-23-19/h1-12,22H,13-15H2/p+1. The summed E-state index contributed by atoms with van der Waals surface area (Å²) in [6, 6.07) is 20.4. The highest BCUT2D eigenvalue weighted by Gasteiger charge is 2.01. The van der Waals surface area contributed by atoms with Gasteiger partial charge in [0, 0.05) is 11.8 Å². The molecule has 0 radical (unpaired) electrons. The number of aromatic nitrogens is 1. The fourth-order valence-electron chi connectivity index (χ4n) is 2.42. The molecule has 1 aromatic heterocycles. The van der Waals surface area contributed by atoms with Crippen LogP contribution in [-0.4, -0.2) is 4.98 Å². The van der Waals surface area contributed by atoms with Crippen LogP contribution >= 0.6 is 0 Å². The van der Waals surface area contributed by atoms with E-state index in [1.54, 1.807) is 12.1 Å². The van der Waals surface area contributed by atoms with E-state index in [0.717, 1.165) is 30.1 Å². The molecule has 3 rings (SSSR count). The van der Waals surface area contributed by atoms with Crippen LogP contribution in [0.5, 0.6) is 5.75 Å². The minimum absolute atomic E-state index is 0.232. The van der Waals surface area contributed by atoms with Gasteiger partial charge < -0.3 is 10.1 Å². The van der Waals surface area contributed by atoms with Crippen molar-refractivity contribution in [2.75, 3.05) is 0 Å². The van der Waals surface area contributed by atoms with Gasteiger partial charge >= 0.3 is 0 Å². The minimum Gasteiger partial charge on any atom is -0.489 e. The Morgan fingerprint density at radius 1 is 0.875 bits per heavy atom. The van der Waals surface area contributed by atoms with Gasteiger partial charge in [0.2, 0.25) is 0 Å². The summed E-state index contributed by atoms with van der Waals surface area (Å²) in [4.78, 5) is 4.31. The van der Waals surface area contributed by atoms with E-state index in [2.05, 4.69) is 16.4 Å². The Kier molecular flexibility index (Phi) is 5.53. The van der Waals surface area contributed by atoms with Crippen LogP contribution in [0.2, 0.25) is 0 Å². The number of quaternary nitrogens is 1. The van der Waals surface area contributed by atoms with Gasteiger partial charge in [-0.1, -0.05) is 30.3 Å². The van der Waals surface area contributed by atoms with E-state index < -0.39 is 0 Å². The Bertz CT molecular complexity index is 760. The van der Waals surface area contributed by atoms with Crippen molar-refractivity contribution >= 4 is 0 Å². The lowest BCUT2D eigenvalue weighted by Crippen LogP contribution is -2.80. The first-order chi connectivity index (χ1) is 11.8. The Labute approximate surface area is 141 Å². The van der Waals surface area contributed by atoms with Crippen LogP contribution in [-0.2, 0) is 19.7 Å². The molecule has 4 heteroatoms. The molecule has 0 aliphatic rings. The molecule has 0 saturated carbocycles. The van der Waals surface area contributed by atoms with Crippen LogP contribution in [0.15, 0.2) is 72.9 Å². The van der Waals surface area contributed by atoms with Crippen LogP contribution in [0.1, 0.15) is 16.8 Å². The first-order valence-electron chi connectivity index (χ1n) is 7.97. The molecular formula is C20H20FN2O+. The third kappa shape index (κ3) is 4.89. The fourth-order valence-corrected chi connectivity index (χ4v) is 2.42. The van der Waals surface area contributed by atoms with E-state index in [1.807, 2.05) is 42.6 Å². The third-order valence-corrected chi connectivity index (χ3v) is 3.68. The molecule has 0 bridgehead atoms. The second-order valence-corrected chi connectivity index (χ2v) is 5.58. The van der Waals surface area contributed by atoms with E-state index in [9.17, 15) is 4.39 Å². The van der Waals surface area contributed by atoms with Crippen molar-refractivity contribution in [3.63, 3.8) is 0 Å². The highest BCUT2D eigenvalue weighted by Crippen LogP contribution is 2.15. The lowest BCUT2D eigenvalue weighted by molar-refractivity contribution is -0.686. The van der Waals surface area contributed by atoms with Crippen LogP contribution < -0.4 is 10.1 Å². The van der Waals surface area contributed by atoms with Crippen molar-refractivity contribution in [2.24, 2.45) is 0 Å². The zero-order chi connectivity index (χ0) is 16.6. The van der Waals surface area contributed by atoms with Gasteiger partial charge in [0.05, 0.1) is 5.69 Å². The van der Waals surface area contributed by atoms with Crippen LogP contribution in [0.3, 0.4) is 0 Å². The van der Waals surface area contributed by atoms with Gasteiger partial charge in [-0.15, -0.1) is 0 Å². The van der Waals surface area contributed by atoms with Crippen LogP contribution in [0.4, 0.5) is 4.39 Å². The van der Waals surface area contributed by atoms with Gasteiger partial charge in [-0.3, -0.25) is 4.98 Å². The highest BCUT2D eigenvalue weighted by molar-refractivity contribution is 5.28. The summed E-state index contributed by atoms with van der Waals surface area (Å²) in [5, 5.41) is 2.21. The van der Waals surface area contributed by atoms with Crippen LogP contribution in [0.25, 0.3) is 0 Å². The maximum atomic E-state index is 12.9. The average Bonchev–Trinajstić information content (AvgIpc) is 2.63. The van der Waals surface area contributed by atoms with Crippen molar-refractivity contribution in [1.82, 2.24) is 4.98 Å². The first-order valence-corrected chi connectivity index (χ1v) is 7.97. The molecule has 2 aromatic carbocycles. The van der Waals surface area contributed by atoms with E-state index >= 15 is 0 Å². The average molecular weight is 323 g/mol. The van der Waals surface area contributed by atoms with E-state index in [-0.39, 0.29) is 5.82 Å². The van der Waals surface area contributed by atoms with E-state index in [1.165, 1.54) is 17.7 Å². The second kappa shape index (κ2) is 8.22. The zero-order valence-electron chi connectivity index (χ0n) is 13.4. The molecule has 2 N–H and O–H groups in total. The van der Waals surface area contributed by atoms with E-state index in [0.29, 0.717) is 6.61 Å². The van der Waals surface area contributed by atoms with Crippen molar-refractivity contribution < 1.29 is 14.4 Å². The molecule has 0 fully saturated rings. The predicted octanol–water partition coefficient (Wildman–Crippen LogP) is 3.06. The lowest BCUT2D eigenvalue weighted by Gasteiger charge is -2.08. The summed E-state index contributed by atoms with van der Waals surface area (Å²) < 4.78 is 18.7. The molecule has 0 unspecified atom stereocenters. The molecule has 0 atom stereocenters. The number of benzene rings is 2. The molecule has 24 heavy (non-hydrogen) atoms. The van der Waals surface area contributed by atoms with Gasteiger partial charge in [-0.05, 0) is 42.0 Å². The predicted molar refractivity (Wildman–Crippen MR) is 90.7 cm³/mol. The van der Waals surface area contributed by atoms with E-state index in [4.69, 9.17) is 4.74 Å². The van der Waals surface area contributed by atoms with Crippen LogP contribution in [0, 0.1) is 5.82 Å². The quantitative estimate of drug-likeness (QED) is 0.726. The SMILES string of the molecule is Fc1ccc(COc2cccc(C[NH2+]Cc3ccccn3)c2)cc1. The number of halogens is 1. The first kappa shape index (κ1) is 16.1. The summed E-state index contributed by atoms with van der Waals surface area (Å²) in [6.45, 7) is 2.15. The normalized spacial score (nSPS) is 10.5. The summed E-state index contributed by atoms with van der Waals surface area (Å²) >= 11 is 0. The molecule has 0 aliphatic carbocycles. The maximum absolute atomic E-state index is 12.9. The number of ether oxygens (including phenoxy) is 1. The van der Waals surface area contributed by atoms with Crippen molar-refractivity contribution in [1.29, 1.82) is 0 Å². The van der Waals surface area contributed by atoms with Gasteiger partial charge in [0.1, 0.15) is 31.3 Å². The molecule has 0 spiro atoms. The molecule has 0 saturated heterocycles. The molecule has 3 aromatic rings. The zero-order valence-corrected chi connectivity index (χ0v) is 13.4. The molecular weight excluding hydrogens is 303 g/mol. The van der Waals surface area contributed by atoms with Crippen molar-refractivity contribution in [2.45, 2.75) is 19.7 Å².